The molecule has 2 aromatic rings. The summed E-state index contributed by atoms with van der Waals surface area (Å²) in [6.07, 6.45) is 0. The van der Waals surface area contributed by atoms with Crippen molar-refractivity contribution >= 4 is 5.69 Å². The van der Waals surface area contributed by atoms with Crippen LogP contribution in [0, 0.1) is 19.7 Å². The minimum absolute atomic E-state index is 0.301. The van der Waals surface area contributed by atoms with Gasteiger partial charge in [0.25, 0.3) is 0 Å². The van der Waals surface area contributed by atoms with Gasteiger partial charge in [-0.1, -0.05) is 0 Å². The van der Waals surface area contributed by atoms with Crippen molar-refractivity contribution in [2.45, 2.75) is 13.8 Å². The Kier molecular flexibility index (Phi) is 2.60. The Bertz CT molecular complexity index is 515. The molecule has 0 saturated carbocycles. The molecule has 1 aromatic carbocycles. The van der Waals surface area contributed by atoms with Gasteiger partial charge >= 0.3 is 0 Å². The summed E-state index contributed by atoms with van der Waals surface area (Å²) < 4.78 is 13.7. The lowest BCUT2D eigenvalue weighted by atomic mass is 10.0. The Hall–Kier alpha value is -1.90. The molecule has 3 heteroatoms. The van der Waals surface area contributed by atoms with Gasteiger partial charge in [-0.05, 0) is 49.7 Å². The smallest absolute Gasteiger partial charge is 0.133 e. The summed E-state index contributed by atoms with van der Waals surface area (Å²) in [6.45, 7) is 3.79. The number of nitrogens with two attached hydrogens (primary N) is 1. The molecule has 0 aliphatic carbocycles. The number of aromatic nitrogens is 1. The molecule has 0 aliphatic heterocycles. The minimum atomic E-state index is -0.301. The lowest BCUT2D eigenvalue weighted by Crippen LogP contribution is -1.92. The van der Waals surface area contributed by atoms with Crippen LogP contribution in [0.1, 0.15) is 11.4 Å². The molecule has 0 saturated heterocycles. The first kappa shape index (κ1) is 10.6. The Morgan fingerprint density at radius 2 is 1.69 bits per heavy atom. The summed E-state index contributed by atoms with van der Waals surface area (Å²) in [6, 6.07) is 8.45. The first-order valence-corrected chi connectivity index (χ1v) is 5.07. The highest BCUT2D eigenvalue weighted by atomic mass is 19.1. The van der Waals surface area contributed by atoms with Gasteiger partial charge < -0.3 is 5.73 Å². The largest absolute Gasteiger partial charge is 0.399 e. The number of benzene rings is 1. The molecular weight excluding hydrogens is 203 g/mol. The van der Waals surface area contributed by atoms with Gasteiger partial charge in [-0.25, -0.2) is 4.39 Å². The van der Waals surface area contributed by atoms with Crippen molar-refractivity contribution < 1.29 is 4.39 Å². The van der Waals surface area contributed by atoms with E-state index in [0.717, 1.165) is 17.0 Å². The van der Waals surface area contributed by atoms with E-state index in [-0.39, 0.29) is 5.82 Å². The first-order valence-electron chi connectivity index (χ1n) is 5.07. The highest BCUT2D eigenvalue weighted by Gasteiger charge is 2.06. The topological polar surface area (TPSA) is 38.9 Å². The predicted octanol–water partition coefficient (Wildman–Crippen LogP) is 3.09. The Labute approximate surface area is 93.9 Å². The van der Waals surface area contributed by atoms with E-state index < -0.39 is 0 Å². The number of hydrogen-bond acceptors (Lipinski definition) is 2. The molecule has 0 aliphatic rings. The van der Waals surface area contributed by atoms with Crippen LogP contribution in [0.15, 0.2) is 30.3 Å². The number of halogens is 1. The molecule has 0 spiro atoms. The zero-order valence-corrected chi connectivity index (χ0v) is 9.29. The number of pyridine rings is 1. The number of nitrogen functional groups attached to an aromatic ring is 1. The first-order chi connectivity index (χ1) is 7.56. The third kappa shape index (κ3) is 2.03. The molecule has 0 atom stereocenters. The van der Waals surface area contributed by atoms with Crippen molar-refractivity contribution in [3.8, 4) is 11.1 Å². The summed E-state index contributed by atoms with van der Waals surface area (Å²) in [5.74, 6) is -0.301. The molecule has 0 unspecified atom stereocenters. The van der Waals surface area contributed by atoms with Crippen molar-refractivity contribution in [3.63, 3.8) is 0 Å². The fraction of sp³-hybridized carbons (Fsp3) is 0.154. The molecule has 82 valence electrons. The summed E-state index contributed by atoms with van der Waals surface area (Å²) in [4.78, 5) is 4.26. The lowest BCUT2D eigenvalue weighted by Gasteiger charge is -2.06. The Morgan fingerprint density at radius 3 is 2.25 bits per heavy atom. The predicted molar refractivity (Wildman–Crippen MR) is 63.5 cm³/mol. The zero-order chi connectivity index (χ0) is 11.7. The second-order valence-corrected chi connectivity index (χ2v) is 3.88. The van der Waals surface area contributed by atoms with Crippen LogP contribution in [-0.2, 0) is 0 Å². The molecular formula is C13H13FN2. The third-order valence-corrected chi connectivity index (χ3v) is 2.39. The Balaban J connectivity index is 2.58. The second-order valence-electron chi connectivity index (χ2n) is 3.88. The van der Waals surface area contributed by atoms with E-state index >= 15 is 0 Å². The monoisotopic (exact) mass is 216 g/mol. The van der Waals surface area contributed by atoms with E-state index in [1.165, 1.54) is 6.07 Å². The molecule has 16 heavy (non-hydrogen) atoms. The Morgan fingerprint density at radius 1 is 1.06 bits per heavy atom. The van der Waals surface area contributed by atoms with Gasteiger partial charge in [-0.15, -0.1) is 0 Å². The lowest BCUT2D eigenvalue weighted by molar-refractivity contribution is 0.632. The average Bonchev–Trinajstić information content (AvgIpc) is 2.15. The molecule has 0 amide bonds. The van der Waals surface area contributed by atoms with Crippen LogP contribution in [0.5, 0.6) is 0 Å². The fourth-order valence-corrected chi connectivity index (χ4v) is 1.76. The molecule has 0 radical (unpaired) electrons. The normalized spacial score (nSPS) is 10.4. The molecule has 2 nitrogen and oxygen atoms in total. The van der Waals surface area contributed by atoms with Crippen LogP contribution < -0.4 is 5.73 Å². The van der Waals surface area contributed by atoms with Crippen molar-refractivity contribution in [2.24, 2.45) is 0 Å². The van der Waals surface area contributed by atoms with E-state index in [0.29, 0.717) is 11.3 Å². The molecule has 0 bridgehead atoms. The number of aryl methyl sites for hydroxylation is 2. The maximum atomic E-state index is 13.7. The van der Waals surface area contributed by atoms with Crippen molar-refractivity contribution in [1.29, 1.82) is 0 Å². The maximum absolute atomic E-state index is 13.7. The summed E-state index contributed by atoms with van der Waals surface area (Å²) in [5, 5.41) is 0. The summed E-state index contributed by atoms with van der Waals surface area (Å²) in [5.41, 5.74) is 9.10. The van der Waals surface area contributed by atoms with E-state index in [9.17, 15) is 4.39 Å². The van der Waals surface area contributed by atoms with Crippen LogP contribution in [0.4, 0.5) is 10.1 Å². The van der Waals surface area contributed by atoms with E-state index in [4.69, 9.17) is 5.73 Å². The standard InChI is InChI=1S/C13H13FN2/c1-8-5-10(6-9(2)16-8)12-4-3-11(15)7-13(12)14/h3-7H,15H2,1-2H3. The summed E-state index contributed by atoms with van der Waals surface area (Å²) >= 11 is 0. The third-order valence-electron chi connectivity index (χ3n) is 2.39. The summed E-state index contributed by atoms with van der Waals surface area (Å²) in [7, 11) is 0. The molecule has 1 heterocycles. The molecule has 2 N–H and O–H groups in total. The highest BCUT2D eigenvalue weighted by molar-refractivity contribution is 5.66. The van der Waals surface area contributed by atoms with Gasteiger partial charge in [0.1, 0.15) is 5.82 Å². The maximum Gasteiger partial charge on any atom is 0.133 e. The number of rotatable bonds is 1. The van der Waals surface area contributed by atoms with Crippen molar-refractivity contribution in [1.82, 2.24) is 4.98 Å². The van der Waals surface area contributed by atoms with E-state index in [2.05, 4.69) is 4.98 Å². The van der Waals surface area contributed by atoms with Gasteiger partial charge in [0.15, 0.2) is 0 Å². The van der Waals surface area contributed by atoms with Gasteiger partial charge in [0.2, 0.25) is 0 Å². The van der Waals surface area contributed by atoms with E-state index in [1.807, 2.05) is 26.0 Å². The van der Waals surface area contributed by atoms with Gasteiger partial charge in [0, 0.05) is 22.6 Å². The van der Waals surface area contributed by atoms with Crippen LogP contribution in [-0.4, -0.2) is 4.98 Å². The number of anilines is 1. The SMILES string of the molecule is Cc1cc(-c2ccc(N)cc2F)cc(C)n1. The van der Waals surface area contributed by atoms with Gasteiger partial charge in [-0.2, -0.15) is 0 Å². The molecule has 2 rings (SSSR count). The molecule has 1 aromatic heterocycles. The zero-order valence-electron chi connectivity index (χ0n) is 9.29. The van der Waals surface area contributed by atoms with Crippen molar-refractivity contribution in [3.05, 3.63) is 47.5 Å². The quantitative estimate of drug-likeness (QED) is 0.744. The number of nitrogens with zero attached hydrogens (tertiary/aromatic N) is 1. The molecule has 0 fully saturated rings. The highest BCUT2D eigenvalue weighted by Crippen LogP contribution is 2.25. The van der Waals surface area contributed by atoms with Crippen LogP contribution in [0.3, 0.4) is 0 Å². The van der Waals surface area contributed by atoms with Crippen molar-refractivity contribution in [2.75, 3.05) is 5.73 Å². The minimum Gasteiger partial charge on any atom is -0.399 e. The van der Waals surface area contributed by atoms with E-state index in [1.54, 1.807) is 12.1 Å². The van der Waals surface area contributed by atoms with Gasteiger partial charge in [0.05, 0.1) is 0 Å². The number of hydrogen-bond donors (Lipinski definition) is 1. The average molecular weight is 216 g/mol. The van der Waals surface area contributed by atoms with Crippen LogP contribution in [0.2, 0.25) is 0 Å². The van der Waals surface area contributed by atoms with Crippen LogP contribution >= 0.6 is 0 Å². The second kappa shape index (κ2) is 3.93. The fourth-order valence-electron chi connectivity index (χ4n) is 1.76. The van der Waals surface area contributed by atoms with Crippen LogP contribution in [0.25, 0.3) is 11.1 Å². The van der Waals surface area contributed by atoms with Gasteiger partial charge in [-0.3, -0.25) is 4.98 Å².